The summed E-state index contributed by atoms with van der Waals surface area (Å²) in [5.74, 6) is 0. The fourth-order valence-electron chi connectivity index (χ4n) is 1.11. The highest BCUT2D eigenvalue weighted by Gasteiger charge is 1.65. The Labute approximate surface area is 188 Å². The first kappa shape index (κ1) is 41.7. The van der Waals surface area contributed by atoms with Crippen LogP contribution in [0.3, 0.4) is 0 Å². The van der Waals surface area contributed by atoms with Gasteiger partial charge in [-0.15, -0.1) is 13.2 Å². The maximum absolute atomic E-state index is 3.55. The van der Waals surface area contributed by atoms with Gasteiger partial charge in [0.05, 0.1) is 0 Å². The minimum atomic E-state index is 1.15. The van der Waals surface area contributed by atoms with Gasteiger partial charge in [-0.3, -0.25) is 0 Å². The van der Waals surface area contributed by atoms with Gasteiger partial charge in [0, 0.05) is 0 Å². The summed E-state index contributed by atoms with van der Waals surface area (Å²) in [6, 6.07) is 0. The van der Waals surface area contributed by atoms with E-state index >= 15 is 0 Å². The summed E-state index contributed by atoms with van der Waals surface area (Å²) in [5.41, 5.74) is 0. The highest BCUT2D eigenvalue weighted by molar-refractivity contribution is 4.75. The molecule has 0 N–H and O–H groups in total. The smallest absolute Gasteiger partial charge is 0.0353 e. The van der Waals surface area contributed by atoms with E-state index in [0.29, 0.717) is 0 Å². The van der Waals surface area contributed by atoms with Crippen LogP contribution in [0.25, 0.3) is 0 Å². The highest BCUT2D eigenvalue weighted by Crippen LogP contribution is 1.86. The fraction of sp³-hybridized carbons (Fsp3) is 0.586. The Kier molecular flexibility index (Phi) is 103. The standard InChI is InChI=1S/2C6H12.2C5H10.C4H8.C3H6/c2*1-3-5-6-4-2;2*1-3-5-4-2;1-3-4-2;1-3-2/h2*3,5H,4,6H2,1-2H3;3,5H,4H2,1-2H3;3H,1,4-5H2,2H3;3-4H,1-2H3;3H,1H2,2H3/b3*5-3+;;4-3+;. The lowest BCUT2D eigenvalue weighted by Crippen LogP contribution is -1.55. The molecule has 0 nitrogen and oxygen atoms in total. The summed E-state index contributed by atoms with van der Waals surface area (Å²) >= 11 is 0. The van der Waals surface area contributed by atoms with Crippen LogP contribution in [0.2, 0.25) is 0 Å². The predicted octanol–water partition coefficient (Wildman–Crippen LogP) is 11.4. The lowest BCUT2D eigenvalue weighted by atomic mass is 10.3. The Hall–Kier alpha value is -1.56. The normalized spacial score (nSPS) is 9.03. The predicted molar refractivity (Wildman–Crippen MR) is 146 cm³/mol. The lowest BCUT2D eigenvalue weighted by Gasteiger charge is -1.76. The second kappa shape index (κ2) is 71.8. The van der Waals surface area contributed by atoms with Gasteiger partial charge >= 0.3 is 0 Å². The zero-order valence-corrected chi connectivity index (χ0v) is 22.1. The van der Waals surface area contributed by atoms with Gasteiger partial charge in [0.2, 0.25) is 0 Å². The zero-order chi connectivity index (χ0) is 24.0. The molecule has 0 bridgehead atoms. The van der Waals surface area contributed by atoms with E-state index in [1.165, 1.54) is 32.1 Å². The van der Waals surface area contributed by atoms with Gasteiger partial charge in [0.15, 0.2) is 0 Å². The molecular formula is C29H58. The van der Waals surface area contributed by atoms with Crippen LogP contribution < -0.4 is 0 Å². The van der Waals surface area contributed by atoms with Crippen molar-refractivity contribution in [1.29, 1.82) is 0 Å². The molecule has 0 heterocycles. The molecule has 0 aliphatic heterocycles. The molecule has 0 fully saturated rings. The third kappa shape index (κ3) is 177. The van der Waals surface area contributed by atoms with Crippen LogP contribution in [0.15, 0.2) is 73.9 Å². The Morgan fingerprint density at radius 2 is 0.793 bits per heavy atom. The summed E-state index contributed by atoms with van der Waals surface area (Å²) in [4.78, 5) is 0. The molecule has 0 saturated heterocycles. The van der Waals surface area contributed by atoms with E-state index in [1.54, 1.807) is 6.08 Å². The highest BCUT2D eigenvalue weighted by atomic mass is 13.7. The van der Waals surface area contributed by atoms with E-state index in [4.69, 9.17) is 0 Å². The molecular weight excluding hydrogens is 348 g/mol. The molecule has 0 unspecified atom stereocenters. The summed E-state index contributed by atoms with van der Waals surface area (Å²) in [5, 5.41) is 0. The number of hydrogen-bond acceptors (Lipinski definition) is 0. The summed E-state index contributed by atoms with van der Waals surface area (Å²) < 4.78 is 0. The molecule has 174 valence electrons. The third-order valence-corrected chi connectivity index (χ3v) is 2.68. The first-order valence-corrected chi connectivity index (χ1v) is 11.6. The van der Waals surface area contributed by atoms with Crippen molar-refractivity contribution in [3.05, 3.63) is 73.9 Å². The van der Waals surface area contributed by atoms with Crippen molar-refractivity contribution < 1.29 is 0 Å². The number of unbranched alkanes of at least 4 members (excludes halogenated alkanes) is 3. The molecule has 0 amide bonds. The van der Waals surface area contributed by atoms with Gasteiger partial charge in [0.25, 0.3) is 0 Å². The van der Waals surface area contributed by atoms with Gasteiger partial charge in [-0.25, -0.2) is 0 Å². The van der Waals surface area contributed by atoms with Crippen molar-refractivity contribution >= 4 is 0 Å². The van der Waals surface area contributed by atoms with Crippen LogP contribution in [0.1, 0.15) is 114 Å². The largest absolute Gasteiger partial charge is 0.103 e. The molecule has 0 spiro atoms. The Morgan fingerprint density at radius 3 is 0.828 bits per heavy atom. The molecule has 29 heavy (non-hydrogen) atoms. The minimum absolute atomic E-state index is 1.15. The Bertz CT molecular complexity index is 295. The van der Waals surface area contributed by atoms with Crippen molar-refractivity contribution in [2.24, 2.45) is 0 Å². The molecule has 0 aromatic rings. The quantitative estimate of drug-likeness (QED) is 0.369. The first-order chi connectivity index (χ1) is 14.0. The molecule has 0 aromatic heterocycles. The van der Waals surface area contributed by atoms with Gasteiger partial charge in [-0.05, 0) is 67.2 Å². The van der Waals surface area contributed by atoms with Crippen LogP contribution in [0.5, 0.6) is 0 Å². The van der Waals surface area contributed by atoms with E-state index in [1.807, 2.05) is 45.9 Å². The van der Waals surface area contributed by atoms with Gasteiger partial charge in [-0.1, -0.05) is 108 Å². The van der Waals surface area contributed by atoms with Crippen molar-refractivity contribution in [3.63, 3.8) is 0 Å². The van der Waals surface area contributed by atoms with Crippen molar-refractivity contribution in [1.82, 2.24) is 0 Å². The molecule has 0 rings (SSSR count). The van der Waals surface area contributed by atoms with Crippen LogP contribution >= 0.6 is 0 Å². The van der Waals surface area contributed by atoms with Crippen molar-refractivity contribution in [3.8, 4) is 0 Å². The maximum Gasteiger partial charge on any atom is -0.0353 e. The second-order valence-corrected chi connectivity index (χ2v) is 5.84. The zero-order valence-electron chi connectivity index (χ0n) is 22.1. The van der Waals surface area contributed by atoms with Crippen LogP contribution in [-0.4, -0.2) is 0 Å². The van der Waals surface area contributed by atoms with Gasteiger partial charge in [0.1, 0.15) is 0 Å². The van der Waals surface area contributed by atoms with Crippen molar-refractivity contribution in [2.75, 3.05) is 0 Å². The Balaban J connectivity index is -0.0000000555. The molecule has 0 saturated carbocycles. The van der Waals surface area contributed by atoms with Crippen LogP contribution in [0.4, 0.5) is 0 Å². The van der Waals surface area contributed by atoms with Crippen LogP contribution in [0, 0.1) is 0 Å². The SMILES string of the molecule is C/C=C/C.C/C=C/CC.C/C=C/CCC.C/C=C/CCC.C=CC.C=CCCC. The molecule has 0 radical (unpaired) electrons. The van der Waals surface area contributed by atoms with Crippen molar-refractivity contribution in [2.45, 2.75) is 114 Å². The lowest BCUT2D eigenvalue weighted by molar-refractivity contribution is 0.957. The summed E-state index contributed by atoms with van der Waals surface area (Å²) in [6.45, 7) is 27.6. The van der Waals surface area contributed by atoms with Gasteiger partial charge in [-0.2, -0.15) is 0 Å². The number of hydrogen-bond donors (Lipinski definition) is 0. The van der Waals surface area contributed by atoms with E-state index < -0.39 is 0 Å². The monoisotopic (exact) mass is 406 g/mol. The molecule has 0 heteroatoms. The minimum Gasteiger partial charge on any atom is -0.103 e. The van der Waals surface area contributed by atoms with E-state index in [-0.39, 0.29) is 0 Å². The first-order valence-electron chi connectivity index (χ1n) is 11.6. The Morgan fingerprint density at radius 1 is 0.483 bits per heavy atom. The van der Waals surface area contributed by atoms with E-state index in [2.05, 4.69) is 91.2 Å². The average molecular weight is 407 g/mol. The summed E-state index contributed by atoms with van der Waals surface area (Å²) in [7, 11) is 0. The van der Waals surface area contributed by atoms with E-state index in [0.717, 1.165) is 12.8 Å². The van der Waals surface area contributed by atoms with Gasteiger partial charge < -0.3 is 0 Å². The third-order valence-electron chi connectivity index (χ3n) is 2.68. The topological polar surface area (TPSA) is 0 Å². The van der Waals surface area contributed by atoms with E-state index in [9.17, 15) is 0 Å². The molecule has 0 aliphatic rings. The number of allylic oxidation sites excluding steroid dienone is 10. The fourth-order valence-corrected chi connectivity index (χ4v) is 1.11. The van der Waals surface area contributed by atoms with Crippen LogP contribution in [-0.2, 0) is 0 Å². The second-order valence-electron chi connectivity index (χ2n) is 5.84. The molecule has 0 atom stereocenters. The summed E-state index contributed by atoms with van der Waals surface area (Å²) in [6.07, 6.45) is 28.9. The number of rotatable bonds is 7. The maximum atomic E-state index is 3.55. The molecule has 0 aromatic carbocycles. The molecule has 0 aliphatic carbocycles. The average Bonchev–Trinajstić information content (AvgIpc) is 2.74.